The predicted octanol–water partition coefficient (Wildman–Crippen LogP) is -0.309. The van der Waals surface area contributed by atoms with Gasteiger partial charge in [0.15, 0.2) is 29.8 Å². The van der Waals surface area contributed by atoms with E-state index in [-0.39, 0.29) is 35.3 Å². The molecule has 260 valence electrons. The van der Waals surface area contributed by atoms with Crippen molar-refractivity contribution in [3.8, 4) is 11.5 Å². The van der Waals surface area contributed by atoms with Crippen LogP contribution in [0.5, 0.6) is 11.5 Å². The van der Waals surface area contributed by atoms with Crippen molar-refractivity contribution in [2.45, 2.75) is 73.3 Å². The zero-order chi connectivity index (χ0) is 35.4. The molecule has 4 aliphatic rings. The van der Waals surface area contributed by atoms with Gasteiger partial charge in [-0.15, -0.1) is 0 Å². The third-order valence-electron chi connectivity index (χ3n) is 9.80. The van der Waals surface area contributed by atoms with Crippen LogP contribution in [0.25, 0.3) is 0 Å². The van der Waals surface area contributed by atoms with E-state index in [1.165, 1.54) is 36.4 Å². The molecule has 2 heterocycles. The number of carboxylic acids is 2. The van der Waals surface area contributed by atoms with E-state index in [0.29, 0.717) is 24.9 Å². The first kappa shape index (κ1) is 33.9. The number of aliphatic hydroxyl groups excluding tert-OH is 2. The van der Waals surface area contributed by atoms with Crippen molar-refractivity contribution in [2.75, 3.05) is 13.6 Å². The molecule has 6 N–H and O–H groups in total. The summed E-state index contributed by atoms with van der Waals surface area (Å²) < 4.78 is 21.5. The zero-order valence-electron chi connectivity index (χ0n) is 25.9. The zero-order valence-corrected chi connectivity index (χ0v) is 25.9. The second-order valence-electron chi connectivity index (χ2n) is 12.5. The molecule has 1 spiro atoms. The number of likely N-dealkylation sites (tertiary alicyclic amines) is 1. The third kappa shape index (κ3) is 5.46. The van der Waals surface area contributed by atoms with Gasteiger partial charge in [0.2, 0.25) is 12.2 Å². The maximum Gasteiger partial charge on any atom is 0.353 e. The normalized spacial score (nSPS) is 27.2. The van der Waals surface area contributed by atoms with Gasteiger partial charge in [-0.05, 0) is 44.1 Å². The van der Waals surface area contributed by atoms with Gasteiger partial charge in [0, 0.05) is 23.6 Å². The number of benzene rings is 2. The van der Waals surface area contributed by atoms with Gasteiger partial charge in [0.05, 0.1) is 17.4 Å². The Morgan fingerprint density at radius 1 is 0.980 bits per heavy atom. The first-order chi connectivity index (χ1) is 23.2. The molecule has 2 bridgehead atoms. The molecule has 0 aromatic heterocycles. The Balaban J connectivity index is 1.20. The van der Waals surface area contributed by atoms with Crippen LogP contribution in [0, 0.1) is 0 Å². The van der Waals surface area contributed by atoms with Crippen LogP contribution in [0.15, 0.2) is 54.3 Å². The molecule has 2 aliphatic carbocycles. The number of carbonyl (C=O) groups excluding carboxylic acids is 3. The van der Waals surface area contributed by atoms with Crippen LogP contribution in [0.3, 0.4) is 0 Å². The van der Waals surface area contributed by atoms with Crippen molar-refractivity contribution in [1.29, 1.82) is 0 Å². The number of esters is 3. The first-order valence-corrected chi connectivity index (χ1v) is 15.3. The summed E-state index contributed by atoms with van der Waals surface area (Å²) in [4.78, 5) is 63.6. The van der Waals surface area contributed by atoms with E-state index in [9.17, 15) is 49.5 Å². The number of piperidine rings is 1. The molecule has 0 amide bonds. The number of likely N-dealkylation sites (N-methyl/N-ethyl adjacent to an activating group) is 1. The number of phenolic OH excluding ortho intramolecular Hbond substituents is 1. The van der Waals surface area contributed by atoms with E-state index in [1.54, 1.807) is 12.1 Å². The number of hydrogen-bond acceptors (Lipinski definition) is 14. The summed E-state index contributed by atoms with van der Waals surface area (Å²) in [5.74, 6) is -8.23. The molecule has 8 atom stereocenters. The number of hydrogen-bond donors (Lipinski definition) is 6. The van der Waals surface area contributed by atoms with Crippen molar-refractivity contribution in [2.24, 2.45) is 0 Å². The number of aliphatic hydroxyl groups is 3. The van der Waals surface area contributed by atoms with E-state index in [0.717, 1.165) is 5.56 Å². The Labute approximate surface area is 277 Å². The summed E-state index contributed by atoms with van der Waals surface area (Å²) in [6, 6.07) is 9.90. The molecule has 1 saturated heterocycles. The highest BCUT2D eigenvalue weighted by Crippen LogP contribution is 2.65. The van der Waals surface area contributed by atoms with Crippen LogP contribution in [0.1, 0.15) is 42.1 Å². The second kappa shape index (κ2) is 12.5. The Hall–Kier alpha value is -5.03. The lowest BCUT2D eigenvalue weighted by molar-refractivity contribution is -0.187. The summed E-state index contributed by atoms with van der Waals surface area (Å²) in [7, 11) is 1.89. The molecule has 0 unspecified atom stereocenters. The fourth-order valence-electron chi connectivity index (χ4n) is 7.48. The molecule has 16 heteroatoms. The maximum absolute atomic E-state index is 13.2. The van der Waals surface area contributed by atoms with E-state index in [4.69, 9.17) is 24.1 Å². The Morgan fingerprint density at radius 2 is 1.67 bits per heavy atom. The number of phenols is 1. The minimum atomic E-state index is -2.63. The van der Waals surface area contributed by atoms with Gasteiger partial charge >= 0.3 is 29.8 Å². The van der Waals surface area contributed by atoms with Crippen molar-refractivity contribution in [3.63, 3.8) is 0 Å². The van der Waals surface area contributed by atoms with E-state index in [1.807, 2.05) is 11.9 Å². The quantitative estimate of drug-likeness (QED) is 0.131. The van der Waals surface area contributed by atoms with Crippen LogP contribution < -0.4 is 4.74 Å². The Bertz CT molecular complexity index is 1740. The van der Waals surface area contributed by atoms with E-state index < -0.39 is 77.8 Å². The lowest BCUT2D eigenvalue weighted by Crippen LogP contribution is -2.74. The van der Waals surface area contributed by atoms with Gasteiger partial charge in [-0.1, -0.05) is 36.4 Å². The number of ether oxygens (including phenoxy) is 4. The summed E-state index contributed by atoms with van der Waals surface area (Å²) in [5.41, 5.74) is -1.10. The second-order valence-corrected chi connectivity index (χ2v) is 12.5. The number of rotatable bonds is 11. The first-order valence-electron chi connectivity index (χ1n) is 15.3. The minimum Gasteiger partial charge on any atom is -0.504 e. The number of carboxylic acid groups (broad SMARTS) is 2. The average molecular weight is 684 g/mol. The van der Waals surface area contributed by atoms with Crippen molar-refractivity contribution in [3.05, 3.63) is 71.0 Å². The lowest BCUT2D eigenvalue weighted by Gasteiger charge is -2.61. The fraction of sp³-hybridized carbons (Fsp3) is 0.424. The highest BCUT2D eigenvalue weighted by atomic mass is 16.6. The van der Waals surface area contributed by atoms with Crippen molar-refractivity contribution >= 4 is 29.8 Å². The van der Waals surface area contributed by atoms with Crippen LogP contribution in [-0.4, -0.2) is 115 Å². The molecular formula is C33H33NO15. The standard InChI is InChI=1S/C33H33NO15/c1-34-12-11-32-22-16-7-8-17(35)26(22)48-27(32)18(9-10-33(32,45)20(34)13-16)46-29(42)23(38)24(39)30(43)49-25(15-5-3-2-4-6-15)31(44)47-19(28(40)41)14-21(36)37/h2-9,19-20,23-25,27,35,38-39,45H,10-14H2,1H3,(H,36,37)(H,40,41)/t19-,20+,23+,24+,25-,27-,32-,33+/m0/s1. The minimum absolute atomic E-state index is 0.0137. The van der Waals surface area contributed by atoms with Gasteiger partial charge in [-0.25, -0.2) is 19.2 Å². The highest BCUT2D eigenvalue weighted by Gasteiger charge is 2.72. The van der Waals surface area contributed by atoms with Gasteiger partial charge in [-0.3, -0.25) is 4.79 Å². The Kier molecular flexibility index (Phi) is 8.60. The SMILES string of the molecule is CN1CC[C@]23c4c5ccc(O)c4O[C@H]2C(OC(=O)[C@H](O)[C@@H](O)C(=O)O[C@H](C(=O)O[C@@H](CC(=O)O)C(=O)O)c2ccccc2)=CC[C@@]3(O)[C@H]1C5. The highest BCUT2D eigenvalue weighted by molar-refractivity contribution is 5.89. The van der Waals surface area contributed by atoms with Gasteiger partial charge in [0.1, 0.15) is 5.76 Å². The van der Waals surface area contributed by atoms with Crippen LogP contribution in [0.2, 0.25) is 0 Å². The average Bonchev–Trinajstić information content (AvgIpc) is 3.43. The summed E-state index contributed by atoms with van der Waals surface area (Å²) in [5, 5.41) is 62.5. The molecule has 0 radical (unpaired) electrons. The topological polar surface area (TPSA) is 247 Å². The van der Waals surface area contributed by atoms with Crippen LogP contribution in [0.4, 0.5) is 0 Å². The van der Waals surface area contributed by atoms with E-state index in [2.05, 4.69) is 0 Å². The van der Waals surface area contributed by atoms with Crippen LogP contribution >= 0.6 is 0 Å². The maximum atomic E-state index is 13.2. The molecule has 49 heavy (non-hydrogen) atoms. The molecule has 0 saturated carbocycles. The molecular weight excluding hydrogens is 650 g/mol. The molecule has 1 fully saturated rings. The predicted molar refractivity (Wildman–Crippen MR) is 160 cm³/mol. The van der Waals surface area contributed by atoms with Crippen LogP contribution in [-0.2, 0) is 50.0 Å². The molecule has 2 aromatic rings. The number of carbonyl (C=O) groups is 5. The Morgan fingerprint density at radius 3 is 2.35 bits per heavy atom. The smallest absolute Gasteiger partial charge is 0.353 e. The lowest BCUT2D eigenvalue weighted by atomic mass is 9.50. The molecule has 2 aliphatic heterocycles. The van der Waals surface area contributed by atoms with Gasteiger partial charge < -0.3 is 54.5 Å². The van der Waals surface area contributed by atoms with Gasteiger partial charge in [-0.2, -0.15) is 0 Å². The monoisotopic (exact) mass is 683 g/mol. The number of aromatic hydroxyl groups is 1. The molecule has 2 aromatic carbocycles. The molecule has 6 rings (SSSR count). The summed E-state index contributed by atoms with van der Waals surface area (Å²) in [6.45, 7) is 0.546. The van der Waals surface area contributed by atoms with Gasteiger partial charge in [0.25, 0.3) is 0 Å². The number of aliphatic carboxylic acids is 2. The summed E-state index contributed by atoms with van der Waals surface area (Å²) >= 11 is 0. The van der Waals surface area contributed by atoms with Crippen molar-refractivity contribution < 1.29 is 73.6 Å². The van der Waals surface area contributed by atoms with Crippen molar-refractivity contribution in [1.82, 2.24) is 4.90 Å². The molecule has 16 nitrogen and oxygen atoms in total. The fourth-order valence-corrected chi connectivity index (χ4v) is 7.48. The summed E-state index contributed by atoms with van der Waals surface area (Å²) in [6.07, 6.45) is -9.30. The third-order valence-corrected chi connectivity index (χ3v) is 9.80. The van der Waals surface area contributed by atoms with E-state index >= 15 is 0 Å². The largest absolute Gasteiger partial charge is 0.504 e. The number of nitrogens with zero attached hydrogens (tertiary/aromatic N) is 1.